The molecule has 0 aliphatic heterocycles. The van der Waals surface area contributed by atoms with E-state index in [1.807, 2.05) is 17.4 Å². The van der Waals surface area contributed by atoms with Crippen molar-refractivity contribution in [1.82, 2.24) is 15.0 Å². The minimum absolute atomic E-state index is 0.767. The molecule has 3 heterocycles. The zero-order chi connectivity index (χ0) is 21.1. The Balaban J connectivity index is 1.69. The molecule has 0 amide bonds. The molecule has 0 spiro atoms. The summed E-state index contributed by atoms with van der Waals surface area (Å²) in [6, 6.07) is 29.9. The van der Waals surface area contributed by atoms with Crippen molar-refractivity contribution < 1.29 is 0 Å². The Labute approximate surface area is 188 Å². The molecule has 3 aromatic heterocycles. The molecule has 0 unspecified atom stereocenters. The molecular formula is C28H17N3S. The van der Waals surface area contributed by atoms with Gasteiger partial charge in [0.2, 0.25) is 0 Å². The summed E-state index contributed by atoms with van der Waals surface area (Å²) in [5.41, 5.74) is 5.88. The molecule has 0 saturated heterocycles. The van der Waals surface area contributed by atoms with Crippen LogP contribution in [0.5, 0.6) is 0 Å². The highest BCUT2D eigenvalue weighted by Gasteiger charge is 2.19. The van der Waals surface area contributed by atoms with E-state index in [9.17, 15) is 0 Å². The number of fused-ring (bicyclic) bond motifs is 7. The number of H-pyrrole nitrogens is 1. The van der Waals surface area contributed by atoms with Gasteiger partial charge in [0, 0.05) is 60.0 Å². The van der Waals surface area contributed by atoms with Crippen molar-refractivity contribution in [2.75, 3.05) is 0 Å². The topological polar surface area (TPSA) is 41.6 Å². The van der Waals surface area contributed by atoms with Crippen molar-refractivity contribution in [3.8, 4) is 22.5 Å². The number of nitrogens with zero attached hydrogens (tertiary/aromatic N) is 2. The largest absolute Gasteiger partial charge is 0.354 e. The summed E-state index contributed by atoms with van der Waals surface area (Å²) in [5, 5.41) is 5.10. The first-order valence-electron chi connectivity index (χ1n) is 10.6. The summed E-state index contributed by atoms with van der Waals surface area (Å²) >= 11 is 1.82. The molecule has 0 saturated carbocycles. The Hall–Kier alpha value is -4.02. The lowest BCUT2D eigenvalue weighted by Crippen LogP contribution is -1.86. The fourth-order valence-corrected chi connectivity index (χ4v) is 6.02. The van der Waals surface area contributed by atoms with Crippen molar-refractivity contribution in [2.24, 2.45) is 0 Å². The molecule has 0 atom stereocenters. The van der Waals surface area contributed by atoms with E-state index in [0.717, 1.165) is 16.9 Å². The summed E-state index contributed by atoms with van der Waals surface area (Å²) in [6.07, 6.45) is 3.61. The fourth-order valence-electron chi connectivity index (χ4n) is 4.76. The minimum atomic E-state index is 0.767. The number of aromatic nitrogens is 3. The molecule has 0 aliphatic rings. The van der Waals surface area contributed by atoms with Crippen molar-refractivity contribution in [3.63, 3.8) is 0 Å². The zero-order valence-electron chi connectivity index (χ0n) is 17.0. The van der Waals surface area contributed by atoms with Gasteiger partial charge >= 0.3 is 0 Å². The quantitative estimate of drug-likeness (QED) is 0.306. The van der Waals surface area contributed by atoms with E-state index in [1.54, 1.807) is 12.4 Å². The Kier molecular flexibility index (Phi) is 3.72. The number of para-hydroxylation sites is 1. The van der Waals surface area contributed by atoms with Crippen LogP contribution < -0.4 is 0 Å². The van der Waals surface area contributed by atoms with E-state index in [-0.39, 0.29) is 0 Å². The number of hydrogen-bond acceptors (Lipinski definition) is 3. The maximum atomic E-state index is 4.53. The first-order chi connectivity index (χ1) is 15.9. The van der Waals surface area contributed by atoms with Crippen LogP contribution in [0.4, 0.5) is 0 Å². The van der Waals surface area contributed by atoms with E-state index >= 15 is 0 Å². The molecule has 32 heavy (non-hydrogen) atoms. The summed E-state index contributed by atoms with van der Waals surface area (Å²) in [7, 11) is 0. The number of hydrogen-bond donors (Lipinski definition) is 1. The van der Waals surface area contributed by atoms with Crippen LogP contribution in [0.15, 0.2) is 97.3 Å². The molecule has 150 valence electrons. The summed E-state index contributed by atoms with van der Waals surface area (Å²) in [5.74, 6) is 0.767. The van der Waals surface area contributed by atoms with Crippen LogP contribution in [0, 0.1) is 0 Å². The lowest BCUT2D eigenvalue weighted by molar-refractivity contribution is 1.18. The molecular weight excluding hydrogens is 410 g/mol. The van der Waals surface area contributed by atoms with Gasteiger partial charge in [-0.15, -0.1) is 11.3 Å². The van der Waals surface area contributed by atoms with Crippen LogP contribution in [0.3, 0.4) is 0 Å². The number of rotatable bonds is 2. The summed E-state index contributed by atoms with van der Waals surface area (Å²) < 4.78 is 2.50. The Morgan fingerprint density at radius 3 is 2.31 bits per heavy atom. The van der Waals surface area contributed by atoms with Gasteiger partial charge in [-0.3, -0.25) is 0 Å². The zero-order valence-corrected chi connectivity index (χ0v) is 17.9. The highest BCUT2D eigenvalue weighted by molar-refractivity contribution is 7.26. The van der Waals surface area contributed by atoms with Crippen LogP contribution in [0.25, 0.3) is 64.5 Å². The number of thiophene rings is 1. The first-order valence-corrected chi connectivity index (χ1v) is 11.4. The third-order valence-corrected chi connectivity index (χ3v) is 7.32. The van der Waals surface area contributed by atoms with Crippen molar-refractivity contribution in [3.05, 3.63) is 97.3 Å². The van der Waals surface area contributed by atoms with E-state index in [2.05, 4.69) is 93.8 Å². The van der Waals surface area contributed by atoms with Crippen LogP contribution in [-0.4, -0.2) is 15.0 Å². The average molecular weight is 428 g/mol. The lowest BCUT2D eigenvalue weighted by atomic mass is 9.97. The molecule has 3 nitrogen and oxygen atoms in total. The summed E-state index contributed by atoms with van der Waals surface area (Å²) in [4.78, 5) is 12.8. The van der Waals surface area contributed by atoms with E-state index in [1.165, 1.54) is 47.6 Å². The molecule has 4 heteroatoms. The van der Waals surface area contributed by atoms with Crippen LogP contribution in [0.2, 0.25) is 0 Å². The highest BCUT2D eigenvalue weighted by atomic mass is 32.1. The molecule has 0 fully saturated rings. The highest BCUT2D eigenvalue weighted by Crippen LogP contribution is 2.46. The minimum Gasteiger partial charge on any atom is -0.354 e. The third kappa shape index (κ3) is 2.47. The van der Waals surface area contributed by atoms with Gasteiger partial charge < -0.3 is 4.98 Å². The predicted octanol–water partition coefficient (Wildman–Crippen LogP) is 7.81. The number of benzene rings is 4. The SMILES string of the molecule is c1ccc(-c2cc3sc4c(-c5ncccn5)cccc4c3c3c2[nH]c2ccccc23)cc1. The van der Waals surface area contributed by atoms with E-state index in [4.69, 9.17) is 0 Å². The fraction of sp³-hybridized carbons (Fsp3) is 0. The maximum absolute atomic E-state index is 4.53. The second kappa shape index (κ2) is 6.74. The molecule has 0 bridgehead atoms. The Morgan fingerprint density at radius 1 is 0.656 bits per heavy atom. The molecule has 1 N–H and O–H groups in total. The Morgan fingerprint density at radius 2 is 1.44 bits per heavy atom. The van der Waals surface area contributed by atoms with Gasteiger partial charge in [-0.1, -0.05) is 60.7 Å². The maximum Gasteiger partial charge on any atom is 0.160 e. The first kappa shape index (κ1) is 17.6. The van der Waals surface area contributed by atoms with E-state index < -0.39 is 0 Å². The second-order valence-corrected chi connectivity index (χ2v) is 8.99. The second-order valence-electron chi connectivity index (χ2n) is 7.94. The number of nitrogens with one attached hydrogen (secondary N) is 1. The third-order valence-electron chi connectivity index (χ3n) is 6.14. The smallest absolute Gasteiger partial charge is 0.160 e. The Bertz CT molecular complexity index is 1760. The van der Waals surface area contributed by atoms with E-state index in [0.29, 0.717) is 0 Å². The van der Waals surface area contributed by atoms with Gasteiger partial charge in [0.15, 0.2) is 5.82 Å². The molecule has 0 aliphatic carbocycles. The van der Waals surface area contributed by atoms with Crippen LogP contribution in [0.1, 0.15) is 0 Å². The number of aromatic amines is 1. The monoisotopic (exact) mass is 427 g/mol. The van der Waals surface area contributed by atoms with Gasteiger partial charge in [-0.05, 0) is 29.8 Å². The molecule has 0 radical (unpaired) electrons. The predicted molar refractivity (Wildman–Crippen MR) is 135 cm³/mol. The molecule has 7 aromatic rings. The van der Waals surface area contributed by atoms with Gasteiger partial charge in [-0.2, -0.15) is 0 Å². The van der Waals surface area contributed by atoms with Crippen molar-refractivity contribution in [1.29, 1.82) is 0 Å². The molecule has 4 aromatic carbocycles. The lowest BCUT2D eigenvalue weighted by Gasteiger charge is -2.06. The average Bonchev–Trinajstić information content (AvgIpc) is 3.42. The van der Waals surface area contributed by atoms with Gasteiger partial charge in [0.05, 0.1) is 5.52 Å². The van der Waals surface area contributed by atoms with Crippen molar-refractivity contribution in [2.45, 2.75) is 0 Å². The molecule has 7 rings (SSSR count). The van der Waals surface area contributed by atoms with Gasteiger partial charge in [-0.25, -0.2) is 9.97 Å². The van der Waals surface area contributed by atoms with Crippen LogP contribution in [-0.2, 0) is 0 Å². The van der Waals surface area contributed by atoms with Crippen LogP contribution >= 0.6 is 11.3 Å². The standard InChI is InChI=1S/C28H17N3S/c1-2-8-17(9-3-1)21-16-23-24(25-18-10-4-5-13-22(18)31-26(21)25)19-11-6-12-20(27(19)32-23)28-29-14-7-15-30-28/h1-16,31H. The van der Waals surface area contributed by atoms with Crippen molar-refractivity contribution >= 4 is 53.3 Å². The summed E-state index contributed by atoms with van der Waals surface area (Å²) in [6.45, 7) is 0. The normalized spacial score (nSPS) is 11.8. The van der Waals surface area contributed by atoms with Gasteiger partial charge in [0.25, 0.3) is 0 Å². The van der Waals surface area contributed by atoms with Gasteiger partial charge in [0.1, 0.15) is 0 Å².